The maximum absolute atomic E-state index is 12.7. The number of hydrogen-bond acceptors (Lipinski definition) is 3. The van der Waals surface area contributed by atoms with E-state index in [1.54, 1.807) is 0 Å². The summed E-state index contributed by atoms with van der Waals surface area (Å²) in [4.78, 5) is 0. The third-order valence-electron chi connectivity index (χ3n) is 3.25. The molecule has 0 spiro atoms. The highest BCUT2D eigenvalue weighted by molar-refractivity contribution is 7.88. The molecule has 1 aromatic rings. The average Bonchev–Trinajstić information content (AvgIpc) is 2.85. The number of benzene rings is 1. The van der Waals surface area contributed by atoms with Crippen LogP contribution in [0.3, 0.4) is 0 Å². The highest BCUT2D eigenvalue weighted by atomic mass is 35.5. The third-order valence-corrected chi connectivity index (χ3v) is 4.60. The molecule has 1 aliphatic rings. The van der Waals surface area contributed by atoms with Crippen LogP contribution in [0.25, 0.3) is 0 Å². The first-order chi connectivity index (χ1) is 9.05. The Labute approximate surface area is 125 Å². The van der Waals surface area contributed by atoms with Crippen LogP contribution in [0.5, 0.6) is 0 Å². The first-order valence-corrected chi connectivity index (χ1v) is 8.15. The summed E-state index contributed by atoms with van der Waals surface area (Å²) in [5, 5.41) is 3.32. The Morgan fingerprint density at radius 2 is 2.00 bits per heavy atom. The molecule has 1 aromatic carbocycles. The fourth-order valence-corrected chi connectivity index (χ4v) is 3.41. The van der Waals surface area contributed by atoms with Crippen molar-refractivity contribution in [3.05, 3.63) is 35.6 Å². The zero-order chi connectivity index (χ0) is 13.7. The fourth-order valence-electron chi connectivity index (χ4n) is 2.24. The molecule has 7 heteroatoms. The van der Waals surface area contributed by atoms with E-state index < -0.39 is 10.0 Å². The molecule has 0 bridgehead atoms. The van der Waals surface area contributed by atoms with Gasteiger partial charge in [0.15, 0.2) is 0 Å². The van der Waals surface area contributed by atoms with Gasteiger partial charge in [0.05, 0.1) is 5.75 Å². The van der Waals surface area contributed by atoms with E-state index in [0.717, 1.165) is 25.8 Å². The van der Waals surface area contributed by atoms with Crippen LogP contribution in [-0.4, -0.2) is 27.5 Å². The molecule has 1 aliphatic heterocycles. The van der Waals surface area contributed by atoms with Crippen molar-refractivity contribution in [2.45, 2.75) is 31.1 Å². The van der Waals surface area contributed by atoms with E-state index in [1.807, 2.05) is 0 Å². The lowest BCUT2D eigenvalue weighted by Crippen LogP contribution is -2.31. The van der Waals surface area contributed by atoms with E-state index in [0.29, 0.717) is 18.2 Å². The quantitative estimate of drug-likeness (QED) is 0.840. The molecule has 114 valence electrons. The molecular weight excluding hydrogens is 303 g/mol. The molecule has 0 saturated carbocycles. The lowest BCUT2D eigenvalue weighted by Gasteiger charge is -2.11. The van der Waals surface area contributed by atoms with Crippen LogP contribution >= 0.6 is 12.4 Å². The predicted molar refractivity (Wildman–Crippen MR) is 79.9 cm³/mol. The Balaban J connectivity index is 0.00000200. The molecule has 0 unspecified atom stereocenters. The molecule has 0 amide bonds. The summed E-state index contributed by atoms with van der Waals surface area (Å²) in [7, 11) is -3.34. The highest BCUT2D eigenvalue weighted by Crippen LogP contribution is 2.09. The first kappa shape index (κ1) is 17.4. The molecule has 0 aliphatic carbocycles. The van der Waals surface area contributed by atoms with Gasteiger partial charge < -0.3 is 5.32 Å². The van der Waals surface area contributed by atoms with Crippen LogP contribution in [-0.2, 0) is 15.8 Å². The molecule has 4 nitrogen and oxygen atoms in total. The lowest BCUT2D eigenvalue weighted by atomic mass is 10.2. The van der Waals surface area contributed by atoms with Gasteiger partial charge in [-0.2, -0.15) is 0 Å². The smallest absolute Gasteiger partial charge is 0.215 e. The maximum atomic E-state index is 12.7. The number of sulfonamides is 1. The molecule has 2 rings (SSSR count). The number of halogens is 2. The fraction of sp³-hybridized carbons (Fsp3) is 0.538. The molecule has 20 heavy (non-hydrogen) atoms. The van der Waals surface area contributed by atoms with Crippen LogP contribution in [0.2, 0.25) is 0 Å². The summed E-state index contributed by atoms with van der Waals surface area (Å²) in [6, 6.07) is 5.95. The van der Waals surface area contributed by atoms with Gasteiger partial charge in [0.1, 0.15) is 5.82 Å². The van der Waals surface area contributed by atoms with Gasteiger partial charge in [-0.05, 0) is 43.5 Å². The Morgan fingerprint density at radius 3 is 2.60 bits per heavy atom. The van der Waals surface area contributed by atoms with E-state index in [4.69, 9.17) is 0 Å². The third kappa shape index (κ3) is 5.75. The van der Waals surface area contributed by atoms with Crippen molar-refractivity contribution in [3.8, 4) is 0 Å². The van der Waals surface area contributed by atoms with E-state index in [9.17, 15) is 12.8 Å². The molecule has 1 atom stereocenters. The first-order valence-electron chi connectivity index (χ1n) is 6.50. The van der Waals surface area contributed by atoms with Gasteiger partial charge in [-0.25, -0.2) is 17.5 Å². The number of nitrogens with one attached hydrogen (secondary N) is 2. The van der Waals surface area contributed by atoms with Gasteiger partial charge in [0, 0.05) is 12.6 Å². The minimum atomic E-state index is -3.34. The van der Waals surface area contributed by atoms with E-state index in [1.165, 1.54) is 24.3 Å². The average molecular weight is 323 g/mol. The maximum Gasteiger partial charge on any atom is 0.215 e. The zero-order valence-corrected chi connectivity index (χ0v) is 12.8. The largest absolute Gasteiger partial charge is 0.314 e. The molecular formula is C13H20ClFN2O2S. The second kappa shape index (κ2) is 7.93. The van der Waals surface area contributed by atoms with Gasteiger partial charge in [0.25, 0.3) is 0 Å². The SMILES string of the molecule is Cl.O=S(=O)(Cc1ccc(F)cc1)NCC[C@H]1CCCN1. The van der Waals surface area contributed by atoms with E-state index >= 15 is 0 Å². The van der Waals surface area contributed by atoms with Crippen LogP contribution in [0.4, 0.5) is 4.39 Å². The van der Waals surface area contributed by atoms with Crippen molar-refractivity contribution in [2.24, 2.45) is 0 Å². The van der Waals surface area contributed by atoms with Gasteiger partial charge >= 0.3 is 0 Å². The summed E-state index contributed by atoms with van der Waals surface area (Å²) in [5.74, 6) is -0.466. The van der Waals surface area contributed by atoms with Crippen molar-refractivity contribution in [2.75, 3.05) is 13.1 Å². The minimum Gasteiger partial charge on any atom is -0.314 e. The van der Waals surface area contributed by atoms with Gasteiger partial charge in [-0.3, -0.25) is 0 Å². The Kier molecular flexibility index (Phi) is 6.88. The monoisotopic (exact) mass is 322 g/mol. The Hall–Kier alpha value is -0.690. The molecule has 1 saturated heterocycles. The number of hydrogen-bond donors (Lipinski definition) is 2. The van der Waals surface area contributed by atoms with Crippen molar-refractivity contribution in [1.29, 1.82) is 0 Å². The summed E-state index contributed by atoms with van der Waals surface area (Å²) >= 11 is 0. The van der Waals surface area contributed by atoms with Gasteiger partial charge in [-0.1, -0.05) is 12.1 Å². The van der Waals surface area contributed by atoms with Crippen LogP contribution in [0, 0.1) is 5.82 Å². The zero-order valence-electron chi connectivity index (χ0n) is 11.1. The molecule has 2 N–H and O–H groups in total. The second-order valence-electron chi connectivity index (χ2n) is 4.86. The standard InChI is InChI=1S/C13H19FN2O2S.ClH/c14-12-5-3-11(4-6-12)10-19(17,18)16-9-7-13-2-1-8-15-13;/h3-6,13,15-16H,1-2,7-10H2;1H/t13-;/m1./s1. The second-order valence-corrected chi connectivity index (χ2v) is 6.67. The summed E-state index contributed by atoms with van der Waals surface area (Å²) < 4.78 is 39.0. The summed E-state index contributed by atoms with van der Waals surface area (Å²) in [6.07, 6.45) is 3.08. The summed E-state index contributed by atoms with van der Waals surface area (Å²) in [5.41, 5.74) is 0.591. The van der Waals surface area contributed by atoms with Gasteiger partial charge in [-0.15, -0.1) is 12.4 Å². The van der Waals surface area contributed by atoms with Crippen molar-refractivity contribution in [1.82, 2.24) is 10.0 Å². The Morgan fingerprint density at radius 1 is 1.30 bits per heavy atom. The van der Waals surface area contributed by atoms with Crippen LogP contribution in [0.1, 0.15) is 24.8 Å². The predicted octanol–water partition coefficient (Wildman–Crippen LogP) is 1.81. The Bertz CT molecular complexity index is 502. The lowest BCUT2D eigenvalue weighted by molar-refractivity contribution is 0.539. The van der Waals surface area contributed by atoms with Crippen LogP contribution < -0.4 is 10.0 Å². The van der Waals surface area contributed by atoms with Crippen molar-refractivity contribution >= 4 is 22.4 Å². The molecule has 1 fully saturated rings. The van der Waals surface area contributed by atoms with Crippen molar-refractivity contribution < 1.29 is 12.8 Å². The van der Waals surface area contributed by atoms with E-state index in [-0.39, 0.29) is 24.0 Å². The molecule has 0 aromatic heterocycles. The van der Waals surface area contributed by atoms with Crippen molar-refractivity contribution in [3.63, 3.8) is 0 Å². The molecule has 0 radical (unpaired) electrons. The number of rotatable bonds is 6. The topological polar surface area (TPSA) is 58.2 Å². The van der Waals surface area contributed by atoms with Gasteiger partial charge in [0.2, 0.25) is 10.0 Å². The van der Waals surface area contributed by atoms with Crippen LogP contribution in [0.15, 0.2) is 24.3 Å². The highest BCUT2D eigenvalue weighted by Gasteiger charge is 2.16. The molecule has 1 heterocycles. The minimum absolute atomic E-state index is 0. The van der Waals surface area contributed by atoms with E-state index in [2.05, 4.69) is 10.0 Å². The normalized spacial score (nSPS) is 18.8. The summed E-state index contributed by atoms with van der Waals surface area (Å²) in [6.45, 7) is 1.47.